The maximum Gasteiger partial charge on any atom is 0.304 e. The summed E-state index contributed by atoms with van der Waals surface area (Å²) in [7, 11) is -4.68. The number of Topliss-reactive ketones (excluding diaryl/α,β-unsaturated/α-hetero) is 1. The third kappa shape index (κ3) is 4.01. The van der Waals surface area contributed by atoms with Gasteiger partial charge in [-0.05, 0) is 6.07 Å². The zero-order valence-electron chi connectivity index (χ0n) is 10.2. The van der Waals surface area contributed by atoms with E-state index in [-0.39, 0.29) is 0 Å². The van der Waals surface area contributed by atoms with Crippen LogP contribution in [0.25, 0.3) is 0 Å². The second-order valence-electron chi connectivity index (χ2n) is 3.58. The molecule has 0 aliphatic carbocycles. The Kier molecular flexibility index (Phi) is 5.02. The number of nitrogens with zero attached hydrogens (tertiary/aromatic N) is 2. The molecule has 0 unspecified atom stereocenters. The van der Waals surface area contributed by atoms with Gasteiger partial charge in [0.25, 0.3) is 11.4 Å². The number of aliphatic hydroxyl groups is 1. The van der Waals surface area contributed by atoms with E-state index in [0.29, 0.717) is 12.1 Å². The van der Waals surface area contributed by atoms with Gasteiger partial charge in [0, 0.05) is 6.07 Å². The molecular weight excluding hydrogens is 312 g/mol. The van der Waals surface area contributed by atoms with Gasteiger partial charge in [-0.1, -0.05) is 0 Å². The van der Waals surface area contributed by atoms with Crippen LogP contribution in [-0.4, -0.2) is 42.4 Å². The number of non-ortho nitro benzene ring substituents is 1. The molecule has 114 valence electrons. The topological polar surface area (TPSA) is 167 Å². The normalized spacial score (nSPS) is 11.1. The fourth-order valence-electron chi connectivity index (χ4n) is 1.23. The Bertz CT molecular complexity index is 697. The van der Waals surface area contributed by atoms with E-state index in [2.05, 4.69) is 4.18 Å². The first-order chi connectivity index (χ1) is 9.69. The lowest BCUT2D eigenvalue weighted by atomic mass is 10.3. The second kappa shape index (κ2) is 6.34. The van der Waals surface area contributed by atoms with Crippen LogP contribution in [0.3, 0.4) is 0 Å². The summed E-state index contributed by atoms with van der Waals surface area (Å²) < 4.78 is 27.7. The van der Waals surface area contributed by atoms with E-state index in [1.807, 2.05) is 0 Å². The molecule has 1 N–H and O–H groups in total. The van der Waals surface area contributed by atoms with Crippen molar-refractivity contribution in [2.45, 2.75) is 4.90 Å². The van der Waals surface area contributed by atoms with Crippen LogP contribution in [0.15, 0.2) is 23.1 Å². The molecule has 0 saturated carbocycles. The van der Waals surface area contributed by atoms with E-state index < -0.39 is 55.2 Å². The van der Waals surface area contributed by atoms with E-state index >= 15 is 0 Å². The molecule has 0 saturated heterocycles. The van der Waals surface area contributed by atoms with E-state index in [1.165, 1.54) is 0 Å². The Morgan fingerprint density at radius 3 is 2.33 bits per heavy atom. The molecule has 0 heterocycles. The van der Waals surface area contributed by atoms with Gasteiger partial charge in [0.05, 0.1) is 15.9 Å². The molecule has 1 aromatic carbocycles. The van der Waals surface area contributed by atoms with Crippen molar-refractivity contribution in [2.75, 3.05) is 13.2 Å². The van der Waals surface area contributed by atoms with Gasteiger partial charge >= 0.3 is 10.1 Å². The van der Waals surface area contributed by atoms with Crippen LogP contribution >= 0.6 is 0 Å². The van der Waals surface area contributed by atoms with Gasteiger partial charge in [-0.25, -0.2) is 0 Å². The number of nitro benzene ring substituents is 2. The van der Waals surface area contributed by atoms with Crippen molar-refractivity contribution in [1.29, 1.82) is 0 Å². The lowest BCUT2D eigenvalue weighted by Crippen LogP contribution is -2.17. The molecule has 0 atom stereocenters. The minimum atomic E-state index is -4.68. The molecule has 0 spiro atoms. The van der Waals surface area contributed by atoms with Crippen LogP contribution in [0.4, 0.5) is 11.4 Å². The van der Waals surface area contributed by atoms with Crippen molar-refractivity contribution in [2.24, 2.45) is 0 Å². The molecule has 1 rings (SSSR count). The van der Waals surface area contributed by atoms with E-state index in [0.717, 1.165) is 6.07 Å². The second-order valence-corrected chi connectivity index (χ2v) is 5.16. The third-order valence-electron chi connectivity index (χ3n) is 2.17. The highest BCUT2D eigenvalue weighted by atomic mass is 32.2. The Morgan fingerprint density at radius 1 is 1.24 bits per heavy atom. The number of aliphatic hydroxyl groups excluding tert-OH is 1. The number of hydrogen-bond acceptors (Lipinski definition) is 9. The Hall–Kier alpha value is -2.44. The molecule has 12 heteroatoms. The molecule has 0 aliphatic rings. The molecule has 0 bridgehead atoms. The fraction of sp³-hybridized carbons (Fsp3) is 0.222. The number of ketones is 1. The van der Waals surface area contributed by atoms with Crippen molar-refractivity contribution in [3.05, 3.63) is 38.4 Å². The first-order valence-electron chi connectivity index (χ1n) is 5.14. The van der Waals surface area contributed by atoms with Crippen LogP contribution in [0.5, 0.6) is 0 Å². The van der Waals surface area contributed by atoms with Crippen molar-refractivity contribution in [3.63, 3.8) is 0 Å². The minimum absolute atomic E-state index is 0.462. The Morgan fingerprint density at radius 2 is 1.86 bits per heavy atom. The Labute approximate surface area is 117 Å². The predicted octanol–water partition coefficient (Wildman–Crippen LogP) is -0.230. The fourth-order valence-corrected chi connectivity index (χ4v) is 2.26. The summed E-state index contributed by atoms with van der Waals surface area (Å²) in [5, 5.41) is 29.7. The quantitative estimate of drug-likeness (QED) is 0.405. The van der Waals surface area contributed by atoms with E-state index in [9.17, 15) is 33.4 Å². The molecule has 0 aliphatic heterocycles. The monoisotopic (exact) mass is 320 g/mol. The third-order valence-corrected chi connectivity index (χ3v) is 3.48. The SMILES string of the molecule is O=C(CO)COS(=O)(=O)c1ccc([N+](=O)[O-])cc1[N+](=O)[O-]. The number of nitro groups is 2. The maximum absolute atomic E-state index is 11.7. The van der Waals surface area contributed by atoms with Gasteiger partial charge in [-0.2, -0.15) is 8.42 Å². The summed E-state index contributed by atoms with van der Waals surface area (Å²) in [6.45, 7) is -1.97. The molecule has 21 heavy (non-hydrogen) atoms. The number of hydrogen-bond donors (Lipinski definition) is 1. The predicted molar refractivity (Wildman–Crippen MR) is 65.0 cm³/mol. The average Bonchev–Trinajstić information content (AvgIpc) is 2.43. The van der Waals surface area contributed by atoms with Gasteiger partial charge < -0.3 is 5.11 Å². The van der Waals surface area contributed by atoms with Crippen molar-refractivity contribution in [3.8, 4) is 0 Å². The van der Waals surface area contributed by atoms with Crippen molar-refractivity contribution >= 4 is 27.3 Å². The summed E-state index contributed by atoms with van der Waals surface area (Å²) in [5.74, 6) is -0.955. The smallest absolute Gasteiger partial charge is 0.304 e. The van der Waals surface area contributed by atoms with Gasteiger partial charge in [-0.3, -0.25) is 29.2 Å². The van der Waals surface area contributed by atoms with E-state index in [4.69, 9.17) is 5.11 Å². The highest BCUT2D eigenvalue weighted by Gasteiger charge is 2.29. The number of carbonyl (C=O) groups excluding carboxylic acids is 1. The first kappa shape index (κ1) is 16.6. The highest BCUT2D eigenvalue weighted by molar-refractivity contribution is 7.87. The standard InChI is InChI=1S/C9H8N2O9S/c12-4-7(13)5-20-21(18,19)9-2-1-6(10(14)15)3-8(9)11(16)17/h1-3,12H,4-5H2. The van der Waals surface area contributed by atoms with Gasteiger partial charge in [0.2, 0.25) is 0 Å². The molecule has 0 fully saturated rings. The number of carbonyl (C=O) groups is 1. The summed E-state index contributed by atoms with van der Waals surface area (Å²) in [4.78, 5) is 29.1. The zero-order valence-corrected chi connectivity index (χ0v) is 11.0. The molecular formula is C9H8N2O9S. The maximum atomic E-state index is 11.7. The summed E-state index contributed by atoms with van der Waals surface area (Å²) >= 11 is 0. The molecule has 0 radical (unpaired) electrons. The van der Waals surface area contributed by atoms with Crippen molar-refractivity contribution in [1.82, 2.24) is 0 Å². The molecule has 0 amide bonds. The Balaban J connectivity index is 3.25. The number of rotatable bonds is 7. The van der Waals surface area contributed by atoms with E-state index in [1.54, 1.807) is 0 Å². The van der Waals surface area contributed by atoms with Crippen molar-refractivity contribution < 1.29 is 32.3 Å². The summed E-state index contributed by atoms with van der Waals surface area (Å²) in [6.07, 6.45) is 0. The summed E-state index contributed by atoms with van der Waals surface area (Å²) in [6, 6.07) is 1.84. The molecule has 0 aromatic heterocycles. The van der Waals surface area contributed by atoms with Crippen LogP contribution in [-0.2, 0) is 19.1 Å². The van der Waals surface area contributed by atoms with Gasteiger partial charge in [0.1, 0.15) is 13.2 Å². The summed E-state index contributed by atoms with van der Waals surface area (Å²) in [5.41, 5.74) is -1.73. The average molecular weight is 320 g/mol. The molecule has 11 nitrogen and oxygen atoms in total. The molecule has 1 aromatic rings. The number of benzene rings is 1. The van der Waals surface area contributed by atoms with Crippen LogP contribution in [0, 0.1) is 20.2 Å². The van der Waals surface area contributed by atoms with Crippen LogP contribution in [0.2, 0.25) is 0 Å². The lowest BCUT2D eigenvalue weighted by molar-refractivity contribution is -0.396. The highest BCUT2D eigenvalue weighted by Crippen LogP contribution is 2.29. The van der Waals surface area contributed by atoms with Crippen LogP contribution in [0.1, 0.15) is 0 Å². The lowest BCUT2D eigenvalue weighted by Gasteiger charge is -2.05. The largest absolute Gasteiger partial charge is 0.388 e. The van der Waals surface area contributed by atoms with Gasteiger partial charge in [-0.15, -0.1) is 0 Å². The minimum Gasteiger partial charge on any atom is -0.388 e. The van der Waals surface area contributed by atoms with Crippen LogP contribution < -0.4 is 0 Å². The first-order valence-corrected chi connectivity index (χ1v) is 6.54. The zero-order chi connectivity index (χ0) is 16.2. The van der Waals surface area contributed by atoms with Gasteiger partial charge in [0.15, 0.2) is 10.7 Å².